The van der Waals surface area contributed by atoms with Crippen molar-refractivity contribution < 1.29 is 0 Å². The van der Waals surface area contributed by atoms with Gasteiger partial charge in [0.1, 0.15) is 11.5 Å². The summed E-state index contributed by atoms with van der Waals surface area (Å²) in [5, 5.41) is 0. The number of terminal acetylenes is 1. The zero-order valence-electron chi connectivity index (χ0n) is 10.1. The minimum atomic E-state index is 0.448. The summed E-state index contributed by atoms with van der Waals surface area (Å²) in [4.78, 5) is 4.37. The molecule has 0 unspecified atom stereocenters. The molecule has 0 bridgehead atoms. The van der Waals surface area contributed by atoms with E-state index in [1.165, 1.54) is 11.1 Å². The molecular formula is C14H15N3. The lowest BCUT2D eigenvalue weighted by atomic mass is 10.0. The van der Waals surface area contributed by atoms with E-state index in [4.69, 9.17) is 12.2 Å². The van der Waals surface area contributed by atoms with Gasteiger partial charge in [0.2, 0.25) is 0 Å². The smallest absolute Gasteiger partial charge is 0.132 e. The molecule has 3 nitrogen and oxygen atoms in total. The second-order valence-electron chi connectivity index (χ2n) is 4.08. The number of nitrogens with zero attached hydrogens (tertiary/aromatic N) is 2. The van der Waals surface area contributed by atoms with Crippen LogP contribution < -0.4 is 5.73 Å². The van der Waals surface area contributed by atoms with Gasteiger partial charge < -0.3 is 10.3 Å². The van der Waals surface area contributed by atoms with Gasteiger partial charge in [-0.1, -0.05) is 24.1 Å². The number of benzene rings is 1. The number of nitrogen functional groups attached to an aromatic ring is 1. The van der Waals surface area contributed by atoms with Crippen LogP contribution in [0.1, 0.15) is 11.1 Å². The zero-order valence-corrected chi connectivity index (χ0v) is 10.1. The molecule has 1 heterocycles. The van der Waals surface area contributed by atoms with Crippen molar-refractivity contribution in [3.8, 4) is 23.6 Å². The molecule has 2 N–H and O–H groups in total. The minimum Gasteiger partial charge on any atom is -0.383 e. The predicted molar refractivity (Wildman–Crippen MR) is 70.4 cm³/mol. The molecular weight excluding hydrogens is 210 g/mol. The summed E-state index contributed by atoms with van der Waals surface area (Å²) in [6.45, 7) is 4.56. The maximum absolute atomic E-state index is 6.06. The number of aryl methyl sites for hydroxylation is 2. The Bertz CT molecular complexity index is 568. The van der Waals surface area contributed by atoms with Crippen LogP contribution in [0.5, 0.6) is 0 Å². The van der Waals surface area contributed by atoms with E-state index in [0.29, 0.717) is 12.4 Å². The molecule has 0 aliphatic heterocycles. The van der Waals surface area contributed by atoms with Gasteiger partial charge in [-0.05, 0) is 25.0 Å². The van der Waals surface area contributed by atoms with Crippen molar-refractivity contribution in [1.82, 2.24) is 9.55 Å². The lowest BCUT2D eigenvalue weighted by Crippen LogP contribution is -2.01. The van der Waals surface area contributed by atoms with Crippen LogP contribution in [0.25, 0.3) is 11.3 Å². The Morgan fingerprint density at radius 1 is 1.35 bits per heavy atom. The lowest BCUT2D eigenvalue weighted by Gasteiger charge is -2.08. The molecule has 1 aromatic heterocycles. The van der Waals surface area contributed by atoms with Crippen molar-refractivity contribution in [2.75, 3.05) is 5.73 Å². The van der Waals surface area contributed by atoms with Gasteiger partial charge in [-0.2, -0.15) is 0 Å². The third-order valence-electron chi connectivity index (χ3n) is 2.86. The van der Waals surface area contributed by atoms with Crippen molar-refractivity contribution in [2.45, 2.75) is 20.4 Å². The number of hydrogen-bond acceptors (Lipinski definition) is 2. The van der Waals surface area contributed by atoms with Crippen molar-refractivity contribution in [2.24, 2.45) is 0 Å². The Balaban J connectivity index is 2.58. The molecule has 0 fully saturated rings. The summed E-state index contributed by atoms with van der Waals surface area (Å²) >= 11 is 0. The number of aromatic nitrogens is 2. The molecule has 0 amide bonds. The fourth-order valence-corrected chi connectivity index (χ4v) is 2.00. The highest BCUT2D eigenvalue weighted by Gasteiger charge is 2.13. The fraction of sp³-hybridized carbons (Fsp3) is 0.214. The first-order valence-corrected chi connectivity index (χ1v) is 5.45. The first-order valence-electron chi connectivity index (χ1n) is 5.45. The average molecular weight is 225 g/mol. The molecule has 1 aromatic carbocycles. The molecule has 0 saturated carbocycles. The van der Waals surface area contributed by atoms with Crippen LogP contribution in [0.15, 0.2) is 24.5 Å². The average Bonchev–Trinajstić information content (AvgIpc) is 2.62. The molecule has 17 heavy (non-hydrogen) atoms. The number of nitrogens with two attached hydrogens (primary N) is 1. The summed E-state index contributed by atoms with van der Waals surface area (Å²) in [6.07, 6.45) is 6.97. The van der Waals surface area contributed by atoms with Crippen LogP contribution >= 0.6 is 0 Å². The van der Waals surface area contributed by atoms with E-state index in [1.807, 2.05) is 6.07 Å². The van der Waals surface area contributed by atoms with Gasteiger partial charge in [0, 0.05) is 5.56 Å². The summed E-state index contributed by atoms with van der Waals surface area (Å²) in [5.41, 5.74) is 10.3. The van der Waals surface area contributed by atoms with Crippen LogP contribution in [0.4, 0.5) is 5.82 Å². The number of hydrogen-bond donors (Lipinski definition) is 1. The topological polar surface area (TPSA) is 43.8 Å². The summed E-state index contributed by atoms with van der Waals surface area (Å²) in [6, 6.07) is 6.15. The summed E-state index contributed by atoms with van der Waals surface area (Å²) in [7, 11) is 0. The highest BCUT2D eigenvalue weighted by atomic mass is 15.1. The van der Waals surface area contributed by atoms with E-state index in [9.17, 15) is 0 Å². The molecule has 0 saturated heterocycles. The normalized spacial score (nSPS) is 10.2. The van der Waals surface area contributed by atoms with Gasteiger partial charge in [0.15, 0.2) is 0 Å². The largest absolute Gasteiger partial charge is 0.383 e. The molecule has 0 atom stereocenters. The Kier molecular flexibility index (Phi) is 2.88. The standard InChI is InChI=1S/C14H15N3/c1-4-8-17-9-16-13(14(17)15)12-10(2)6-5-7-11(12)3/h1,5-7,9H,8,15H2,2-3H3. The van der Waals surface area contributed by atoms with Crippen molar-refractivity contribution in [1.29, 1.82) is 0 Å². The van der Waals surface area contributed by atoms with Gasteiger partial charge in [0.25, 0.3) is 0 Å². The Morgan fingerprint density at radius 3 is 2.59 bits per heavy atom. The molecule has 0 spiro atoms. The lowest BCUT2D eigenvalue weighted by molar-refractivity contribution is 0.852. The summed E-state index contributed by atoms with van der Waals surface area (Å²) < 4.78 is 1.78. The SMILES string of the molecule is C#CCn1cnc(-c2c(C)cccc2C)c1N. The molecule has 0 radical (unpaired) electrons. The first-order chi connectivity index (χ1) is 8.15. The van der Waals surface area contributed by atoms with E-state index in [0.717, 1.165) is 11.3 Å². The molecule has 0 aliphatic carbocycles. The molecule has 0 aliphatic rings. The van der Waals surface area contributed by atoms with Crippen molar-refractivity contribution >= 4 is 5.82 Å². The number of anilines is 1. The third kappa shape index (κ3) is 1.90. The second-order valence-corrected chi connectivity index (χ2v) is 4.08. The quantitative estimate of drug-likeness (QED) is 0.797. The van der Waals surface area contributed by atoms with Crippen molar-refractivity contribution in [3.05, 3.63) is 35.7 Å². The maximum Gasteiger partial charge on any atom is 0.132 e. The maximum atomic E-state index is 6.06. The fourth-order valence-electron chi connectivity index (χ4n) is 2.00. The third-order valence-corrected chi connectivity index (χ3v) is 2.86. The van der Waals surface area contributed by atoms with Crippen molar-refractivity contribution in [3.63, 3.8) is 0 Å². The van der Waals surface area contributed by atoms with Gasteiger partial charge in [-0.25, -0.2) is 4.98 Å². The highest BCUT2D eigenvalue weighted by molar-refractivity contribution is 5.75. The Morgan fingerprint density at radius 2 is 2.00 bits per heavy atom. The van der Waals surface area contributed by atoms with E-state index in [2.05, 4.69) is 36.9 Å². The minimum absolute atomic E-state index is 0.448. The van der Waals surface area contributed by atoms with Gasteiger partial charge in [-0.3, -0.25) is 0 Å². The van der Waals surface area contributed by atoms with Crippen LogP contribution in [0, 0.1) is 26.2 Å². The van der Waals surface area contributed by atoms with E-state index in [1.54, 1.807) is 10.9 Å². The zero-order chi connectivity index (χ0) is 12.4. The Labute approximate surface area is 101 Å². The highest BCUT2D eigenvalue weighted by Crippen LogP contribution is 2.30. The predicted octanol–water partition coefficient (Wildman–Crippen LogP) is 2.38. The van der Waals surface area contributed by atoms with Crippen LogP contribution in [-0.2, 0) is 6.54 Å². The van der Waals surface area contributed by atoms with E-state index >= 15 is 0 Å². The van der Waals surface area contributed by atoms with Gasteiger partial charge in [0.05, 0.1) is 12.9 Å². The van der Waals surface area contributed by atoms with Crippen LogP contribution in [0.3, 0.4) is 0 Å². The molecule has 2 rings (SSSR count). The number of imidazole rings is 1. The number of rotatable bonds is 2. The second kappa shape index (κ2) is 4.34. The molecule has 2 aromatic rings. The van der Waals surface area contributed by atoms with Gasteiger partial charge in [-0.15, -0.1) is 6.42 Å². The summed E-state index contributed by atoms with van der Waals surface area (Å²) in [5.74, 6) is 3.19. The van der Waals surface area contributed by atoms with E-state index < -0.39 is 0 Å². The molecule has 86 valence electrons. The van der Waals surface area contributed by atoms with Crippen LogP contribution in [0.2, 0.25) is 0 Å². The van der Waals surface area contributed by atoms with E-state index in [-0.39, 0.29) is 0 Å². The Hall–Kier alpha value is -2.21. The first kappa shape index (κ1) is 11.3. The van der Waals surface area contributed by atoms with Crippen LogP contribution in [-0.4, -0.2) is 9.55 Å². The van der Waals surface area contributed by atoms with Gasteiger partial charge >= 0.3 is 0 Å². The molecule has 3 heteroatoms. The monoisotopic (exact) mass is 225 g/mol.